The maximum Gasteiger partial charge on any atom is 0.336 e. The minimum atomic E-state index is -0.758. The van der Waals surface area contributed by atoms with Gasteiger partial charge in [-0.3, -0.25) is 19.7 Å². The van der Waals surface area contributed by atoms with E-state index in [0.29, 0.717) is 44.0 Å². The third-order valence-electron chi connectivity index (χ3n) is 15.5. The molecule has 270 valence electrons. The van der Waals surface area contributed by atoms with Crippen LogP contribution in [-0.4, -0.2) is 65.2 Å². The molecule has 6 fully saturated rings. The van der Waals surface area contributed by atoms with E-state index in [0.717, 1.165) is 81.7 Å². The third kappa shape index (κ3) is 5.38. The first-order chi connectivity index (χ1) is 23.0. The molecule has 10 heteroatoms. The minimum absolute atomic E-state index is 0.0384. The summed E-state index contributed by atoms with van der Waals surface area (Å²) in [5.74, 6) is 0.538. The second-order valence-corrected chi connectivity index (χ2v) is 19.8. The molecule has 49 heavy (non-hydrogen) atoms. The first-order valence-electron chi connectivity index (χ1n) is 18.8. The molecular weight excluding hydrogens is 639 g/mol. The smallest absolute Gasteiger partial charge is 0.336 e. The van der Waals surface area contributed by atoms with Crippen LogP contribution in [0.3, 0.4) is 0 Å². The normalized spacial score (nSPS) is 43.4. The Bertz CT molecular complexity index is 1500. The highest BCUT2D eigenvalue weighted by Crippen LogP contribution is 2.75. The summed E-state index contributed by atoms with van der Waals surface area (Å²) in [6.07, 6.45) is 12.7. The van der Waals surface area contributed by atoms with Crippen LogP contribution in [0.2, 0.25) is 0 Å². The predicted molar refractivity (Wildman–Crippen MR) is 189 cm³/mol. The maximum absolute atomic E-state index is 14.6. The van der Waals surface area contributed by atoms with Crippen molar-refractivity contribution in [2.75, 3.05) is 26.3 Å². The topological polar surface area (TPSA) is 114 Å². The van der Waals surface area contributed by atoms with Crippen molar-refractivity contribution in [3.05, 3.63) is 11.6 Å². The van der Waals surface area contributed by atoms with Crippen LogP contribution in [0.25, 0.3) is 0 Å². The number of oxime groups is 1. The number of fused-ring (bicyclic) bond motifs is 7. The molecule has 3 amide bonds. The van der Waals surface area contributed by atoms with Crippen LogP contribution in [0.4, 0.5) is 4.79 Å². The van der Waals surface area contributed by atoms with Crippen molar-refractivity contribution in [3.8, 4) is 0 Å². The average Bonchev–Trinajstić information content (AvgIpc) is 3.36. The van der Waals surface area contributed by atoms with Crippen LogP contribution < -0.4 is 5.32 Å². The summed E-state index contributed by atoms with van der Waals surface area (Å²) in [4.78, 5) is 58.3. The Morgan fingerprint density at radius 2 is 1.69 bits per heavy atom. The quantitative estimate of drug-likeness (QED) is 0.187. The molecule has 7 aliphatic rings. The molecule has 0 aromatic heterocycles. The van der Waals surface area contributed by atoms with Crippen molar-refractivity contribution in [1.29, 1.82) is 0 Å². The molecule has 5 aliphatic carbocycles. The average molecular weight is 696 g/mol. The van der Waals surface area contributed by atoms with E-state index in [1.165, 1.54) is 0 Å². The van der Waals surface area contributed by atoms with E-state index in [2.05, 4.69) is 69.9 Å². The van der Waals surface area contributed by atoms with E-state index in [4.69, 9.17) is 9.57 Å². The van der Waals surface area contributed by atoms with Crippen LogP contribution >= 0.6 is 11.8 Å². The van der Waals surface area contributed by atoms with Crippen LogP contribution in [-0.2, 0) is 24.0 Å². The summed E-state index contributed by atoms with van der Waals surface area (Å²) < 4.78 is 5.65. The first kappa shape index (κ1) is 35.2. The largest absolute Gasteiger partial charge is 0.378 e. The molecule has 0 aromatic rings. The molecule has 0 spiro atoms. The third-order valence-corrected chi connectivity index (χ3v) is 16.5. The van der Waals surface area contributed by atoms with Gasteiger partial charge in [0.05, 0.1) is 30.8 Å². The van der Waals surface area contributed by atoms with Gasteiger partial charge in [-0.15, -0.1) is 0 Å². The van der Waals surface area contributed by atoms with Crippen LogP contribution in [0, 0.1) is 50.2 Å². The fourth-order valence-electron chi connectivity index (χ4n) is 12.5. The lowest BCUT2D eigenvalue weighted by Gasteiger charge is -2.71. The lowest BCUT2D eigenvalue weighted by molar-refractivity contribution is -0.177. The fraction of sp³-hybridized carbons (Fsp3) is 0.821. The highest BCUT2D eigenvalue weighted by molar-refractivity contribution is 8.15. The van der Waals surface area contributed by atoms with Gasteiger partial charge in [-0.1, -0.05) is 77.0 Å². The van der Waals surface area contributed by atoms with Crippen molar-refractivity contribution < 1.29 is 28.8 Å². The number of imide groups is 1. The molecule has 0 radical (unpaired) electrons. The van der Waals surface area contributed by atoms with Gasteiger partial charge in [0.25, 0.3) is 5.24 Å². The lowest BCUT2D eigenvalue weighted by Crippen LogP contribution is -2.65. The highest BCUT2D eigenvalue weighted by atomic mass is 32.2. The number of carbonyl (C=O) groups is 4. The van der Waals surface area contributed by atoms with Gasteiger partial charge >= 0.3 is 5.97 Å². The van der Waals surface area contributed by atoms with E-state index in [-0.39, 0.29) is 44.8 Å². The molecule has 0 unspecified atom stereocenters. The number of nitrogens with one attached hydrogen (secondary N) is 1. The predicted octanol–water partition coefficient (Wildman–Crippen LogP) is 7.29. The Kier molecular flexibility index (Phi) is 8.57. The summed E-state index contributed by atoms with van der Waals surface area (Å²) >= 11 is 0.832. The van der Waals surface area contributed by atoms with Crippen molar-refractivity contribution in [2.24, 2.45) is 55.4 Å². The zero-order chi connectivity index (χ0) is 35.2. The molecule has 0 bridgehead atoms. The monoisotopic (exact) mass is 695 g/mol. The minimum Gasteiger partial charge on any atom is -0.378 e. The summed E-state index contributed by atoms with van der Waals surface area (Å²) in [5.41, 5.74) is 2.41. The molecule has 9 nitrogen and oxygen atoms in total. The molecule has 4 saturated carbocycles. The van der Waals surface area contributed by atoms with Gasteiger partial charge < -0.3 is 14.5 Å². The Morgan fingerprint density at radius 1 is 0.980 bits per heavy atom. The summed E-state index contributed by atoms with van der Waals surface area (Å²) in [7, 11) is 0. The van der Waals surface area contributed by atoms with E-state index in [1.54, 1.807) is 5.57 Å². The van der Waals surface area contributed by atoms with Crippen LogP contribution in [0.5, 0.6) is 0 Å². The number of ether oxygens (including phenoxy) is 1. The second-order valence-electron chi connectivity index (χ2n) is 18.6. The van der Waals surface area contributed by atoms with Gasteiger partial charge in [0, 0.05) is 18.5 Å². The van der Waals surface area contributed by atoms with E-state index < -0.39 is 22.4 Å². The zero-order valence-corrected chi connectivity index (χ0v) is 31.6. The summed E-state index contributed by atoms with van der Waals surface area (Å²) in [6, 6.07) is 0. The molecule has 0 aromatic carbocycles. The number of hydrogen-bond acceptors (Lipinski definition) is 8. The van der Waals surface area contributed by atoms with Crippen LogP contribution in [0.1, 0.15) is 119 Å². The summed E-state index contributed by atoms with van der Waals surface area (Å²) in [5, 5.41) is 5.49. The molecule has 2 saturated heterocycles. The highest BCUT2D eigenvalue weighted by Gasteiger charge is 2.69. The SMILES string of the molecule is CC1(C)CC[C@]2(C(=O)N3CCOCC3)CC[C@]3(C)C(=CC[C@@H]4[C@@]5(C)CC/C(=N/OC(=O)C[C@@H]6SC(=O)NC6=O)C(C)(C)[C@H]5CC[C@]43C)[C@H]2C1. The van der Waals surface area contributed by atoms with Crippen molar-refractivity contribution in [1.82, 2.24) is 10.2 Å². The second kappa shape index (κ2) is 11.9. The van der Waals surface area contributed by atoms with Crippen LogP contribution in [0.15, 0.2) is 16.8 Å². The van der Waals surface area contributed by atoms with Crippen molar-refractivity contribution >= 4 is 40.5 Å². The number of allylic oxidation sites excluding steroid dienone is 2. The number of rotatable bonds is 4. The molecule has 1 N–H and O–H groups in total. The standard InChI is InChI=1S/C39H57N3O6S/c1-34(2)14-16-39(32(45)42-18-20-47-21-19-42)17-15-37(6)24(25(39)23-34)8-9-28-36(5)12-11-29(35(3,4)27(36)10-13-38(28,37)7)41-48-30(43)22-26-31(44)40-33(46)49-26/h8,25-28H,9-23H2,1-7H3,(H,40,44,46)/b41-29-/t25-,26+,27-,28-,36+,37-,38-,39+/m1/s1. The van der Waals surface area contributed by atoms with Gasteiger partial charge in [-0.25, -0.2) is 4.79 Å². The Labute approximate surface area is 296 Å². The Balaban J connectivity index is 1.15. The van der Waals surface area contributed by atoms with Gasteiger partial charge in [-0.05, 0) is 104 Å². The molecule has 2 aliphatic heterocycles. The van der Waals surface area contributed by atoms with Crippen molar-refractivity contribution in [3.63, 3.8) is 0 Å². The van der Waals surface area contributed by atoms with Gasteiger partial charge in [-0.2, -0.15) is 0 Å². The molecular formula is C39H57N3O6S. The zero-order valence-electron chi connectivity index (χ0n) is 30.7. The maximum atomic E-state index is 14.6. The summed E-state index contributed by atoms with van der Waals surface area (Å²) in [6.45, 7) is 19.8. The Morgan fingerprint density at radius 3 is 2.39 bits per heavy atom. The fourth-order valence-corrected chi connectivity index (χ4v) is 13.3. The number of hydrogen-bond donors (Lipinski definition) is 1. The number of carbonyl (C=O) groups excluding carboxylic acids is 4. The van der Waals surface area contributed by atoms with E-state index >= 15 is 0 Å². The van der Waals surface area contributed by atoms with E-state index in [1.807, 2.05) is 0 Å². The number of amides is 3. The van der Waals surface area contributed by atoms with Gasteiger partial charge in [0.1, 0.15) is 5.25 Å². The Hall–Kier alpha value is -2.20. The lowest BCUT2D eigenvalue weighted by atomic mass is 9.33. The van der Waals surface area contributed by atoms with E-state index in [9.17, 15) is 19.2 Å². The van der Waals surface area contributed by atoms with Gasteiger partial charge in [0.15, 0.2) is 0 Å². The first-order valence-corrected chi connectivity index (χ1v) is 19.7. The van der Waals surface area contributed by atoms with Gasteiger partial charge in [0.2, 0.25) is 11.8 Å². The molecule has 8 atom stereocenters. The number of morpholine rings is 1. The molecule has 7 rings (SSSR count). The number of thioether (sulfide) groups is 1. The molecule has 2 heterocycles. The number of nitrogens with zero attached hydrogens (tertiary/aromatic N) is 2. The van der Waals surface area contributed by atoms with Crippen molar-refractivity contribution in [2.45, 2.75) is 124 Å².